The molecule has 11 heteroatoms. The lowest BCUT2D eigenvalue weighted by atomic mass is 9.80. The highest BCUT2D eigenvalue weighted by Gasteiger charge is 2.38. The number of carbonyl (C=O) groups excluding carboxylic acids is 2. The monoisotopic (exact) mass is 626 g/mol. The third-order valence-corrected chi connectivity index (χ3v) is 7.28. The molecule has 0 saturated heterocycles. The Labute approximate surface area is 268 Å². The van der Waals surface area contributed by atoms with E-state index < -0.39 is 22.8 Å². The molecule has 0 aliphatic carbocycles. The van der Waals surface area contributed by atoms with Crippen LogP contribution in [0, 0.1) is 10.1 Å². The second-order valence-electron chi connectivity index (χ2n) is 10.9. The lowest BCUT2D eigenvalue weighted by molar-refractivity contribution is -0.384. The maximum atomic E-state index is 13.6. The van der Waals surface area contributed by atoms with Crippen LogP contribution in [0.3, 0.4) is 0 Å². The summed E-state index contributed by atoms with van der Waals surface area (Å²) in [4.78, 5) is 43.7. The number of carbonyl (C=O) groups is 2. The summed E-state index contributed by atoms with van der Waals surface area (Å²) in [6, 6.07) is 17.3. The van der Waals surface area contributed by atoms with E-state index in [4.69, 9.17) is 14.2 Å². The van der Waals surface area contributed by atoms with Crippen LogP contribution in [0.4, 0.5) is 5.69 Å². The van der Waals surface area contributed by atoms with E-state index >= 15 is 0 Å². The molecular formula is C35H38N4O7. The predicted molar refractivity (Wildman–Crippen MR) is 174 cm³/mol. The van der Waals surface area contributed by atoms with Crippen LogP contribution < -0.4 is 10.1 Å². The van der Waals surface area contributed by atoms with E-state index in [1.807, 2.05) is 55.3 Å². The quantitative estimate of drug-likeness (QED) is 0.134. The van der Waals surface area contributed by atoms with Crippen molar-refractivity contribution < 1.29 is 28.7 Å². The van der Waals surface area contributed by atoms with Crippen molar-refractivity contribution in [3.63, 3.8) is 0 Å². The fourth-order valence-corrected chi connectivity index (χ4v) is 5.28. The molecule has 1 aliphatic rings. The number of likely N-dealkylation sites (N-methyl/N-ethyl adjacent to an activating group) is 1. The van der Waals surface area contributed by atoms with Crippen molar-refractivity contribution in [1.82, 2.24) is 15.2 Å². The molecule has 2 heterocycles. The number of benzene rings is 2. The average molecular weight is 627 g/mol. The minimum absolute atomic E-state index is 0.0961. The van der Waals surface area contributed by atoms with Crippen LogP contribution >= 0.6 is 0 Å². The van der Waals surface area contributed by atoms with E-state index in [9.17, 15) is 19.7 Å². The number of ether oxygens (including phenoxy) is 3. The zero-order valence-electron chi connectivity index (χ0n) is 26.6. The van der Waals surface area contributed by atoms with Gasteiger partial charge in [-0.3, -0.25) is 20.0 Å². The Bertz CT molecular complexity index is 1660. The van der Waals surface area contributed by atoms with Gasteiger partial charge in [0.05, 0.1) is 34.8 Å². The molecule has 0 spiro atoms. The number of nitrogens with one attached hydrogen (secondary N) is 1. The number of nitro groups is 1. The number of nitro benzene ring substituents is 1. The first kappa shape index (κ1) is 33.6. The maximum Gasteiger partial charge on any atom is 0.336 e. The molecule has 0 fully saturated rings. The highest BCUT2D eigenvalue weighted by molar-refractivity contribution is 6.00. The standard InChI is InChI=1S/C35H38N4O7/c1-6-44-34(40)31-24(3)37-25(4)32(33(31)27-9-7-10-28(20-27)39(42)43)35(41)45-18-17-38(5)22-23(2)19-26-12-14-29(15-13-26)46-30-11-8-16-36-21-30/h7-16,19-21,33,37H,6,17-18,22H2,1-5H3/b23-19+. The van der Waals surface area contributed by atoms with Gasteiger partial charge in [-0.05, 0) is 70.1 Å². The van der Waals surface area contributed by atoms with E-state index in [1.165, 1.54) is 18.2 Å². The van der Waals surface area contributed by atoms with Gasteiger partial charge >= 0.3 is 11.9 Å². The summed E-state index contributed by atoms with van der Waals surface area (Å²) in [6.45, 7) is 8.45. The number of pyridine rings is 1. The molecule has 0 bridgehead atoms. The molecule has 1 atom stereocenters. The normalized spacial score (nSPS) is 15.0. The summed E-state index contributed by atoms with van der Waals surface area (Å²) in [7, 11) is 1.93. The highest BCUT2D eigenvalue weighted by Crippen LogP contribution is 2.40. The number of nitrogens with zero attached hydrogens (tertiary/aromatic N) is 3. The largest absolute Gasteiger partial charge is 0.463 e. The van der Waals surface area contributed by atoms with Gasteiger partial charge in [0, 0.05) is 42.8 Å². The van der Waals surface area contributed by atoms with Crippen molar-refractivity contribution >= 4 is 23.7 Å². The van der Waals surface area contributed by atoms with Crippen molar-refractivity contribution in [3.05, 3.63) is 122 Å². The predicted octanol–water partition coefficient (Wildman–Crippen LogP) is 6.16. The van der Waals surface area contributed by atoms with Crippen LogP contribution in [0.5, 0.6) is 11.5 Å². The molecule has 1 unspecified atom stereocenters. The lowest BCUT2D eigenvalue weighted by Crippen LogP contribution is -2.33. The Morgan fingerprint density at radius 2 is 1.70 bits per heavy atom. The molecule has 240 valence electrons. The third kappa shape index (κ3) is 8.66. The summed E-state index contributed by atoms with van der Waals surface area (Å²) in [5.41, 5.74) is 3.79. The molecule has 46 heavy (non-hydrogen) atoms. The van der Waals surface area contributed by atoms with E-state index in [-0.39, 0.29) is 30.0 Å². The summed E-state index contributed by atoms with van der Waals surface area (Å²) in [5.74, 6) is -0.754. The second-order valence-corrected chi connectivity index (χ2v) is 10.9. The fraction of sp³-hybridized carbons (Fsp3) is 0.286. The van der Waals surface area contributed by atoms with Gasteiger partial charge in [-0.1, -0.05) is 35.9 Å². The molecular weight excluding hydrogens is 588 g/mol. The number of hydrogen-bond acceptors (Lipinski definition) is 10. The number of hydrogen-bond donors (Lipinski definition) is 1. The van der Waals surface area contributed by atoms with Crippen molar-refractivity contribution in [3.8, 4) is 11.5 Å². The van der Waals surface area contributed by atoms with Crippen molar-refractivity contribution in [2.75, 3.05) is 33.4 Å². The first-order chi connectivity index (χ1) is 22.1. The van der Waals surface area contributed by atoms with Gasteiger partial charge in [0.2, 0.25) is 0 Å². The van der Waals surface area contributed by atoms with E-state index in [0.717, 1.165) is 11.1 Å². The first-order valence-electron chi connectivity index (χ1n) is 14.9. The molecule has 1 aliphatic heterocycles. The number of esters is 2. The van der Waals surface area contributed by atoms with E-state index in [2.05, 4.69) is 16.4 Å². The molecule has 0 saturated carbocycles. The smallest absolute Gasteiger partial charge is 0.336 e. The van der Waals surface area contributed by atoms with Crippen LogP contribution in [0.15, 0.2) is 101 Å². The van der Waals surface area contributed by atoms with Gasteiger partial charge in [0.25, 0.3) is 5.69 Å². The Morgan fingerprint density at radius 1 is 1.00 bits per heavy atom. The fourth-order valence-electron chi connectivity index (χ4n) is 5.28. The zero-order chi connectivity index (χ0) is 33.2. The molecule has 4 rings (SSSR count). The topological polar surface area (TPSA) is 133 Å². The molecule has 3 aromatic rings. The van der Waals surface area contributed by atoms with Gasteiger partial charge in [-0.25, -0.2) is 9.59 Å². The molecule has 0 radical (unpaired) electrons. The van der Waals surface area contributed by atoms with Gasteiger partial charge in [0.1, 0.15) is 18.1 Å². The number of dihydropyridines is 1. The summed E-state index contributed by atoms with van der Waals surface area (Å²) in [6.07, 6.45) is 5.42. The summed E-state index contributed by atoms with van der Waals surface area (Å²) in [5, 5.41) is 14.6. The number of rotatable bonds is 13. The Balaban J connectivity index is 1.40. The summed E-state index contributed by atoms with van der Waals surface area (Å²) < 4.78 is 16.8. The van der Waals surface area contributed by atoms with Gasteiger partial charge in [-0.15, -0.1) is 0 Å². The average Bonchev–Trinajstić information content (AvgIpc) is 3.02. The van der Waals surface area contributed by atoms with Gasteiger partial charge < -0.3 is 19.5 Å². The Morgan fingerprint density at radius 3 is 2.33 bits per heavy atom. The molecule has 2 aromatic carbocycles. The van der Waals surface area contributed by atoms with Gasteiger partial charge in [0.15, 0.2) is 0 Å². The zero-order valence-corrected chi connectivity index (χ0v) is 26.6. The van der Waals surface area contributed by atoms with E-state index in [1.54, 1.807) is 39.2 Å². The molecule has 1 aromatic heterocycles. The Kier molecular flexibility index (Phi) is 11.4. The van der Waals surface area contributed by atoms with Crippen molar-refractivity contribution in [2.45, 2.75) is 33.6 Å². The van der Waals surface area contributed by atoms with E-state index in [0.29, 0.717) is 41.5 Å². The highest BCUT2D eigenvalue weighted by atomic mass is 16.6. The first-order valence-corrected chi connectivity index (χ1v) is 14.9. The molecule has 11 nitrogen and oxygen atoms in total. The lowest BCUT2D eigenvalue weighted by Gasteiger charge is -2.30. The van der Waals surface area contributed by atoms with Crippen LogP contribution in [0.25, 0.3) is 6.08 Å². The summed E-state index contributed by atoms with van der Waals surface area (Å²) >= 11 is 0. The number of aromatic nitrogens is 1. The number of allylic oxidation sites excluding steroid dienone is 2. The Hall–Kier alpha value is -5.29. The van der Waals surface area contributed by atoms with Crippen molar-refractivity contribution in [1.29, 1.82) is 0 Å². The second kappa shape index (κ2) is 15.6. The van der Waals surface area contributed by atoms with Crippen LogP contribution in [-0.2, 0) is 19.1 Å². The van der Waals surface area contributed by atoms with Crippen LogP contribution in [-0.4, -0.2) is 60.1 Å². The van der Waals surface area contributed by atoms with Crippen LogP contribution in [0.1, 0.15) is 44.7 Å². The third-order valence-electron chi connectivity index (χ3n) is 7.28. The SMILES string of the molecule is CCOC(=O)C1=C(C)NC(C)=C(C(=O)OCCN(C)C/C(C)=C/c2ccc(Oc3cccnc3)cc2)C1c1cccc([N+](=O)[O-])c1. The number of non-ortho nitro benzene ring substituents is 1. The molecule has 0 amide bonds. The minimum atomic E-state index is -0.906. The maximum absolute atomic E-state index is 13.6. The van der Waals surface area contributed by atoms with Crippen molar-refractivity contribution in [2.24, 2.45) is 0 Å². The minimum Gasteiger partial charge on any atom is -0.463 e. The van der Waals surface area contributed by atoms with Gasteiger partial charge in [-0.2, -0.15) is 0 Å². The van der Waals surface area contributed by atoms with Crippen LogP contribution in [0.2, 0.25) is 0 Å². The molecule has 1 N–H and O–H groups in total.